The van der Waals surface area contributed by atoms with E-state index >= 15 is 0 Å². The Labute approximate surface area is 83.2 Å². The van der Waals surface area contributed by atoms with Gasteiger partial charge in [-0.05, 0) is 13.3 Å². The van der Waals surface area contributed by atoms with Crippen LogP contribution in [0.15, 0.2) is 0 Å². The highest BCUT2D eigenvalue weighted by atomic mass is 32.2. The monoisotopic (exact) mass is 225 g/mol. The van der Waals surface area contributed by atoms with Crippen molar-refractivity contribution in [3.63, 3.8) is 0 Å². The van der Waals surface area contributed by atoms with Crippen molar-refractivity contribution in [3.8, 4) is 0 Å². The van der Waals surface area contributed by atoms with Crippen LogP contribution in [0.2, 0.25) is 0 Å². The predicted octanol–water partition coefficient (Wildman–Crippen LogP) is 0.368. The lowest BCUT2D eigenvalue weighted by atomic mass is 10.0. The lowest BCUT2D eigenvalue weighted by Crippen LogP contribution is -2.44. The van der Waals surface area contributed by atoms with Gasteiger partial charge in [-0.3, -0.25) is 0 Å². The molecule has 1 aliphatic rings. The van der Waals surface area contributed by atoms with Crippen LogP contribution in [0.4, 0.5) is 0 Å². The van der Waals surface area contributed by atoms with Gasteiger partial charge >= 0.3 is 0 Å². The van der Waals surface area contributed by atoms with Gasteiger partial charge in [0.1, 0.15) is 4.32 Å². The van der Waals surface area contributed by atoms with Crippen LogP contribution < -0.4 is 5.32 Å². The van der Waals surface area contributed by atoms with Crippen molar-refractivity contribution in [1.82, 2.24) is 5.32 Å². The summed E-state index contributed by atoms with van der Waals surface area (Å²) in [6.45, 7) is 1.85. The third-order valence-electron chi connectivity index (χ3n) is 1.91. The van der Waals surface area contributed by atoms with Gasteiger partial charge in [0.05, 0.1) is 17.0 Å². The van der Waals surface area contributed by atoms with Gasteiger partial charge in [0.15, 0.2) is 9.84 Å². The normalized spacial score (nSPS) is 33.2. The molecule has 1 rings (SSSR count). The molecular formula is C6H11NO2S3. The summed E-state index contributed by atoms with van der Waals surface area (Å²) in [7, 11) is -2.86. The summed E-state index contributed by atoms with van der Waals surface area (Å²) in [5.41, 5.74) is -0.405. The number of sulfone groups is 1. The zero-order valence-electron chi connectivity index (χ0n) is 6.70. The van der Waals surface area contributed by atoms with Crippen molar-refractivity contribution >= 4 is 39.0 Å². The highest BCUT2D eigenvalue weighted by Gasteiger charge is 2.38. The molecule has 0 spiro atoms. The summed E-state index contributed by atoms with van der Waals surface area (Å²) in [4.78, 5) is 0. The highest BCUT2D eigenvalue weighted by molar-refractivity contribution is 8.11. The second-order valence-electron chi connectivity index (χ2n) is 3.33. The molecule has 0 aliphatic carbocycles. The third-order valence-corrected chi connectivity index (χ3v) is 4.03. The summed E-state index contributed by atoms with van der Waals surface area (Å²) in [5, 5.41) is 2.89. The molecule has 12 heavy (non-hydrogen) atoms. The summed E-state index contributed by atoms with van der Waals surface area (Å²) in [5.74, 6) is 0.396. The van der Waals surface area contributed by atoms with Crippen LogP contribution >= 0.6 is 24.8 Å². The molecule has 0 amide bonds. The Morgan fingerprint density at radius 2 is 2.25 bits per heavy atom. The lowest BCUT2D eigenvalue weighted by molar-refractivity contribution is 0.478. The van der Waals surface area contributed by atoms with Gasteiger partial charge in [-0.2, -0.15) is 0 Å². The third kappa shape index (κ3) is 2.60. The van der Waals surface area contributed by atoms with Crippen molar-refractivity contribution in [2.24, 2.45) is 0 Å². The van der Waals surface area contributed by atoms with Gasteiger partial charge in [-0.1, -0.05) is 12.2 Å². The van der Waals surface area contributed by atoms with Crippen LogP contribution in [0.5, 0.6) is 0 Å². The first-order chi connectivity index (χ1) is 5.33. The van der Waals surface area contributed by atoms with Crippen molar-refractivity contribution in [2.45, 2.75) is 18.9 Å². The van der Waals surface area contributed by atoms with Gasteiger partial charge in [-0.25, -0.2) is 8.42 Å². The summed E-state index contributed by atoms with van der Waals surface area (Å²) in [6.07, 6.45) is 0.607. The van der Waals surface area contributed by atoms with E-state index in [2.05, 4.69) is 17.9 Å². The van der Waals surface area contributed by atoms with Crippen LogP contribution in [0.25, 0.3) is 0 Å². The van der Waals surface area contributed by atoms with Crippen LogP contribution in [0, 0.1) is 0 Å². The van der Waals surface area contributed by atoms with E-state index in [4.69, 9.17) is 12.2 Å². The second kappa shape index (κ2) is 3.16. The average Bonchev–Trinajstić information content (AvgIpc) is 2.03. The number of rotatable bonds is 1. The van der Waals surface area contributed by atoms with Crippen molar-refractivity contribution in [1.29, 1.82) is 0 Å². The van der Waals surface area contributed by atoms with Gasteiger partial charge in [0, 0.05) is 0 Å². The molecule has 1 aliphatic heterocycles. The van der Waals surface area contributed by atoms with Crippen LogP contribution in [0.3, 0.4) is 0 Å². The van der Waals surface area contributed by atoms with Gasteiger partial charge < -0.3 is 5.32 Å². The smallest absolute Gasteiger partial charge is 0.152 e. The fourth-order valence-corrected chi connectivity index (χ4v) is 3.98. The summed E-state index contributed by atoms with van der Waals surface area (Å²) < 4.78 is 22.6. The first-order valence-electron chi connectivity index (χ1n) is 3.55. The number of thiocarbonyl (C=S) groups is 1. The molecule has 1 atom stereocenters. The van der Waals surface area contributed by atoms with Gasteiger partial charge in [-0.15, -0.1) is 12.6 Å². The fraction of sp³-hybridized carbons (Fsp3) is 0.833. The molecule has 6 heteroatoms. The van der Waals surface area contributed by atoms with Crippen molar-refractivity contribution in [3.05, 3.63) is 0 Å². The maximum absolute atomic E-state index is 11.1. The molecule has 3 nitrogen and oxygen atoms in total. The largest absolute Gasteiger partial charge is 0.365 e. The van der Waals surface area contributed by atoms with E-state index in [0.29, 0.717) is 10.7 Å². The number of hydrogen-bond donors (Lipinski definition) is 2. The lowest BCUT2D eigenvalue weighted by Gasteiger charge is -2.23. The molecule has 1 heterocycles. The summed E-state index contributed by atoms with van der Waals surface area (Å²) >= 11 is 8.65. The minimum Gasteiger partial charge on any atom is -0.365 e. The molecule has 1 saturated heterocycles. The van der Waals surface area contributed by atoms with E-state index in [-0.39, 0.29) is 11.5 Å². The highest BCUT2D eigenvalue weighted by Crippen LogP contribution is 2.22. The quantitative estimate of drug-likeness (QED) is 0.500. The molecule has 1 N–H and O–H groups in total. The maximum atomic E-state index is 11.1. The van der Waals surface area contributed by atoms with Crippen LogP contribution in [0.1, 0.15) is 13.3 Å². The van der Waals surface area contributed by atoms with Gasteiger partial charge in [0.2, 0.25) is 0 Å². The van der Waals surface area contributed by atoms with Crippen molar-refractivity contribution < 1.29 is 8.42 Å². The van der Waals surface area contributed by atoms with E-state index in [9.17, 15) is 8.42 Å². The SMILES string of the molecule is C[C@]1(NC(=S)S)CCS(=O)(=O)C1. The van der Waals surface area contributed by atoms with E-state index in [1.165, 1.54) is 0 Å². The predicted molar refractivity (Wildman–Crippen MR) is 56.4 cm³/mol. The summed E-state index contributed by atoms with van der Waals surface area (Å²) in [6, 6.07) is 0. The molecule has 0 aromatic rings. The fourth-order valence-electron chi connectivity index (χ4n) is 1.37. The Hall–Kier alpha value is 0.190. The zero-order valence-corrected chi connectivity index (χ0v) is 9.23. The first-order valence-corrected chi connectivity index (χ1v) is 6.22. The number of nitrogens with one attached hydrogen (secondary N) is 1. The number of thiol groups is 1. The maximum Gasteiger partial charge on any atom is 0.152 e. The first kappa shape index (κ1) is 10.3. The minimum atomic E-state index is -2.86. The Morgan fingerprint density at radius 3 is 2.58 bits per heavy atom. The molecule has 70 valence electrons. The molecule has 0 aromatic carbocycles. The minimum absolute atomic E-state index is 0.153. The molecule has 1 fully saturated rings. The van der Waals surface area contributed by atoms with E-state index in [1.807, 2.05) is 6.92 Å². The Morgan fingerprint density at radius 1 is 1.67 bits per heavy atom. The van der Waals surface area contributed by atoms with E-state index in [1.54, 1.807) is 0 Å². The Kier molecular flexibility index (Phi) is 2.70. The van der Waals surface area contributed by atoms with Crippen molar-refractivity contribution in [2.75, 3.05) is 11.5 Å². The Bertz CT molecular complexity index is 298. The number of hydrogen-bond acceptors (Lipinski definition) is 3. The average molecular weight is 225 g/mol. The molecule has 0 radical (unpaired) electrons. The topological polar surface area (TPSA) is 46.2 Å². The standard InChI is InChI=1S/C6H11NO2S3/c1-6(7-5(10)11)2-3-12(8,9)4-6/h2-4H2,1H3,(H2,7,10,11)/t6-/m0/s1. The molecule has 0 bridgehead atoms. The molecule has 0 unspecified atom stereocenters. The molecule has 0 saturated carbocycles. The van der Waals surface area contributed by atoms with Gasteiger partial charge in [0.25, 0.3) is 0 Å². The second-order valence-corrected chi connectivity index (χ2v) is 6.67. The van der Waals surface area contributed by atoms with E-state index < -0.39 is 15.4 Å². The Balaban J connectivity index is 2.71. The molecular weight excluding hydrogens is 214 g/mol. The molecule has 0 aromatic heterocycles. The van der Waals surface area contributed by atoms with Crippen LogP contribution in [-0.4, -0.2) is 29.8 Å². The van der Waals surface area contributed by atoms with E-state index in [0.717, 1.165) is 0 Å². The zero-order chi connectivity index (χ0) is 9.41. The van der Waals surface area contributed by atoms with Crippen LogP contribution in [-0.2, 0) is 9.84 Å².